The molecule has 1 atom stereocenters. The standard InChI is InChI=1S/C13H20BF4NO2S/c1-11(2,12(3,4)22)21-14-8-5-9(15)10(19-6-8)20-7-13(16,17)18/h5-6,10,14,19,22H,7H2,1-4H3. The highest BCUT2D eigenvalue weighted by Gasteiger charge is 2.35. The summed E-state index contributed by atoms with van der Waals surface area (Å²) in [6.45, 7) is 5.97. The van der Waals surface area contributed by atoms with E-state index in [0.29, 0.717) is 5.47 Å². The van der Waals surface area contributed by atoms with Crippen molar-refractivity contribution in [1.29, 1.82) is 0 Å². The number of ether oxygens (including phenoxy) is 1. The Morgan fingerprint density at radius 3 is 2.32 bits per heavy atom. The van der Waals surface area contributed by atoms with Crippen molar-refractivity contribution in [3.63, 3.8) is 0 Å². The first kappa shape index (κ1) is 19.4. The predicted octanol–water partition coefficient (Wildman–Crippen LogP) is 3.04. The van der Waals surface area contributed by atoms with Gasteiger partial charge in [-0.3, -0.25) is 0 Å². The van der Waals surface area contributed by atoms with Gasteiger partial charge >= 0.3 is 13.7 Å². The van der Waals surface area contributed by atoms with E-state index in [1.807, 2.05) is 27.7 Å². The minimum atomic E-state index is -4.50. The summed E-state index contributed by atoms with van der Waals surface area (Å²) >= 11 is 4.44. The summed E-state index contributed by atoms with van der Waals surface area (Å²) < 4.78 is 59.6. The molecule has 0 aromatic rings. The maximum Gasteiger partial charge on any atom is 0.411 e. The second-order valence-corrected chi connectivity index (χ2v) is 7.20. The molecule has 0 aliphatic carbocycles. The fourth-order valence-electron chi connectivity index (χ4n) is 1.39. The van der Waals surface area contributed by atoms with Crippen LogP contribution in [0.5, 0.6) is 0 Å². The van der Waals surface area contributed by atoms with Crippen molar-refractivity contribution in [2.75, 3.05) is 6.61 Å². The highest BCUT2D eigenvalue weighted by Crippen LogP contribution is 2.31. The van der Waals surface area contributed by atoms with Gasteiger partial charge in [-0.1, -0.05) is 0 Å². The molecule has 0 aromatic heterocycles. The highest BCUT2D eigenvalue weighted by molar-refractivity contribution is 7.81. The minimum absolute atomic E-state index is 0.101. The van der Waals surface area contributed by atoms with E-state index in [1.54, 1.807) is 0 Å². The zero-order chi connectivity index (χ0) is 17.2. The number of thiol groups is 1. The summed E-state index contributed by atoms with van der Waals surface area (Å²) in [5.41, 5.74) is -0.111. The summed E-state index contributed by atoms with van der Waals surface area (Å²) in [4.78, 5) is 0. The molecule has 0 radical (unpaired) electrons. The van der Waals surface area contributed by atoms with Crippen LogP contribution < -0.4 is 5.32 Å². The maximum absolute atomic E-state index is 13.7. The van der Waals surface area contributed by atoms with Crippen LogP contribution in [0.15, 0.2) is 23.6 Å². The van der Waals surface area contributed by atoms with Crippen molar-refractivity contribution in [1.82, 2.24) is 5.32 Å². The molecule has 1 rings (SSSR count). The Morgan fingerprint density at radius 2 is 1.86 bits per heavy atom. The molecule has 1 aliphatic rings. The molecule has 1 N–H and O–H groups in total. The molecule has 9 heteroatoms. The SMILES string of the molecule is CC(C)(S)C(C)(C)OBC1=CNC(OCC(F)(F)F)C(F)=C1. The zero-order valence-electron chi connectivity index (χ0n) is 12.9. The average Bonchev–Trinajstić information content (AvgIpc) is 2.32. The lowest BCUT2D eigenvalue weighted by Crippen LogP contribution is -2.44. The molecule has 0 bridgehead atoms. The van der Waals surface area contributed by atoms with Crippen molar-refractivity contribution in [3.05, 3.63) is 23.6 Å². The Bertz CT molecular complexity index is 458. The van der Waals surface area contributed by atoms with Crippen LogP contribution in [0.1, 0.15) is 27.7 Å². The molecular formula is C13H20BF4NO2S. The number of halogens is 4. The minimum Gasteiger partial charge on any atom is -0.428 e. The van der Waals surface area contributed by atoms with E-state index in [-0.39, 0.29) is 7.48 Å². The molecule has 0 saturated carbocycles. The smallest absolute Gasteiger partial charge is 0.411 e. The van der Waals surface area contributed by atoms with E-state index in [1.165, 1.54) is 6.20 Å². The Hall–Kier alpha value is -0.665. The number of allylic oxidation sites excluding steroid dienone is 2. The van der Waals surface area contributed by atoms with Crippen LogP contribution in [-0.4, -0.2) is 36.8 Å². The molecule has 0 spiro atoms. The maximum atomic E-state index is 13.7. The predicted molar refractivity (Wildman–Crippen MR) is 81.6 cm³/mol. The third-order valence-corrected chi connectivity index (χ3v) is 4.02. The van der Waals surface area contributed by atoms with Crippen LogP contribution in [-0.2, 0) is 9.39 Å². The molecule has 22 heavy (non-hydrogen) atoms. The molecule has 0 saturated heterocycles. The fourth-order valence-corrected chi connectivity index (χ4v) is 1.45. The van der Waals surface area contributed by atoms with Crippen molar-refractivity contribution in [2.45, 2.75) is 50.4 Å². The Balaban J connectivity index is 2.55. The molecule has 3 nitrogen and oxygen atoms in total. The molecule has 0 amide bonds. The number of rotatable bonds is 6. The molecule has 1 heterocycles. The fraction of sp³-hybridized carbons (Fsp3) is 0.692. The van der Waals surface area contributed by atoms with Gasteiger partial charge in [0.1, 0.15) is 12.4 Å². The Morgan fingerprint density at radius 1 is 1.27 bits per heavy atom. The molecule has 1 aliphatic heterocycles. The van der Waals surface area contributed by atoms with E-state index >= 15 is 0 Å². The number of hydrogen-bond donors (Lipinski definition) is 2. The van der Waals surface area contributed by atoms with Gasteiger partial charge in [-0.15, -0.1) is 0 Å². The van der Waals surface area contributed by atoms with Gasteiger partial charge in [0, 0.05) is 4.75 Å². The van der Waals surface area contributed by atoms with Crippen molar-refractivity contribution >= 4 is 20.1 Å². The van der Waals surface area contributed by atoms with Crippen molar-refractivity contribution in [2.24, 2.45) is 0 Å². The van der Waals surface area contributed by atoms with Crippen LogP contribution in [0.25, 0.3) is 0 Å². The Labute approximate surface area is 133 Å². The lowest BCUT2D eigenvalue weighted by atomic mass is 9.83. The average molecular weight is 341 g/mol. The van der Waals surface area contributed by atoms with Gasteiger partial charge in [-0.05, 0) is 45.4 Å². The number of nitrogens with one attached hydrogen (secondary N) is 1. The van der Waals surface area contributed by atoms with Gasteiger partial charge in [0.25, 0.3) is 0 Å². The first-order chi connectivity index (χ1) is 9.82. The molecule has 1 unspecified atom stereocenters. The van der Waals surface area contributed by atoms with Gasteiger partial charge in [0.2, 0.25) is 0 Å². The van der Waals surface area contributed by atoms with Crippen LogP contribution in [0.4, 0.5) is 17.6 Å². The summed E-state index contributed by atoms with van der Waals surface area (Å²) in [7, 11) is 0.101. The van der Waals surface area contributed by atoms with Crippen molar-refractivity contribution < 1.29 is 27.0 Å². The van der Waals surface area contributed by atoms with Crippen LogP contribution in [0.3, 0.4) is 0 Å². The largest absolute Gasteiger partial charge is 0.428 e. The quantitative estimate of drug-likeness (QED) is 0.442. The van der Waals surface area contributed by atoms with Gasteiger partial charge < -0.3 is 14.7 Å². The highest BCUT2D eigenvalue weighted by atomic mass is 32.1. The van der Waals surface area contributed by atoms with E-state index in [4.69, 9.17) is 4.65 Å². The van der Waals surface area contributed by atoms with Gasteiger partial charge in [-0.2, -0.15) is 25.8 Å². The summed E-state index contributed by atoms with van der Waals surface area (Å²) in [5, 5.41) is 2.44. The molecular weight excluding hydrogens is 321 g/mol. The topological polar surface area (TPSA) is 30.5 Å². The lowest BCUT2D eigenvalue weighted by Gasteiger charge is -2.38. The molecule has 126 valence electrons. The summed E-state index contributed by atoms with van der Waals surface area (Å²) in [5.74, 6) is -0.826. The summed E-state index contributed by atoms with van der Waals surface area (Å²) in [6, 6.07) is 0. The van der Waals surface area contributed by atoms with Crippen LogP contribution in [0, 0.1) is 0 Å². The molecule has 0 fully saturated rings. The Kier molecular flexibility index (Phi) is 6.03. The van der Waals surface area contributed by atoms with E-state index in [2.05, 4.69) is 22.7 Å². The van der Waals surface area contributed by atoms with Gasteiger partial charge in [0.15, 0.2) is 6.23 Å². The lowest BCUT2D eigenvalue weighted by molar-refractivity contribution is -0.185. The number of alkyl halides is 3. The molecule has 0 aromatic carbocycles. The normalized spacial score (nSPS) is 20.1. The van der Waals surface area contributed by atoms with E-state index in [0.717, 1.165) is 6.08 Å². The number of dihydropyridines is 1. The second kappa shape index (κ2) is 6.84. The zero-order valence-corrected chi connectivity index (χ0v) is 13.8. The first-order valence-corrected chi connectivity index (χ1v) is 7.13. The second-order valence-electron chi connectivity index (χ2n) is 6.08. The van der Waals surface area contributed by atoms with Crippen LogP contribution >= 0.6 is 12.6 Å². The van der Waals surface area contributed by atoms with Gasteiger partial charge in [0.05, 0.1) is 5.60 Å². The van der Waals surface area contributed by atoms with E-state index < -0.39 is 35.2 Å². The third kappa shape index (κ3) is 5.85. The van der Waals surface area contributed by atoms with Crippen molar-refractivity contribution in [3.8, 4) is 0 Å². The van der Waals surface area contributed by atoms with Crippen LogP contribution in [0.2, 0.25) is 0 Å². The monoisotopic (exact) mass is 341 g/mol. The first-order valence-electron chi connectivity index (χ1n) is 6.69. The number of hydrogen-bond acceptors (Lipinski definition) is 4. The third-order valence-electron chi connectivity index (χ3n) is 3.48. The van der Waals surface area contributed by atoms with Gasteiger partial charge in [-0.25, -0.2) is 4.39 Å². The van der Waals surface area contributed by atoms with E-state index in [9.17, 15) is 17.6 Å². The summed E-state index contributed by atoms with van der Waals surface area (Å²) in [6.07, 6.45) is -3.44.